The Balaban J connectivity index is 1.65. The number of carbonyl (C=O) groups excluding carboxylic acids is 1. The number of hydrogen-bond donors (Lipinski definition) is 0. The van der Waals surface area contributed by atoms with Gasteiger partial charge in [-0.2, -0.15) is 0 Å². The van der Waals surface area contributed by atoms with Gasteiger partial charge in [0.1, 0.15) is 0 Å². The number of nitrogens with zero attached hydrogens (tertiary/aromatic N) is 1. The molecule has 1 aliphatic heterocycles. The Morgan fingerprint density at radius 2 is 1.93 bits per heavy atom. The molecule has 1 unspecified atom stereocenters. The Kier molecular flexibility index (Phi) is 8.32. The van der Waals surface area contributed by atoms with Crippen molar-refractivity contribution in [2.24, 2.45) is 11.3 Å². The Morgan fingerprint density at radius 3 is 2.48 bits per heavy atom. The molecule has 0 aromatic heterocycles. The van der Waals surface area contributed by atoms with Crippen molar-refractivity contribution < 1.29 is 13.8 Å². The molecule has 0 saturated carbocycles. The lowest BCUT2D eigenvalue weighted by Gasteiger charge is -2.32. The zero-order valence-corrected chi connectivity index (χ0v) is 18.5. The van der Waals surface area contributed by atoms with Crippen LogP contribution in [-0.2, 0) is 26.9 Å². The normalized spacial score (nSPS) is 17.7. The molecule has 1 aromatic carbocycles. The van der Waals surface area contributed by atoms with E-state index in [9.17, 15) is 9.00 Å². The van der Waals surface area contributed by atoms with Crippen LogP contribution in [0.1, 0.15) is 58.4 Å². The molecule has 0 radical (unpaired) electrons. The highest BCUT2D eigenvalue weighted by Gasteiger charge is 2.28. The third-order valence-corrected chi connectivity index (χ3v) is 6.43. The number of hydrogen-bond acceptors (Lipinski definition) is 4. The predicted molar refractivity (Wildman–Crippen MR) is 111 cm³/mol. The molecule has 0 spiro atoms. The highest BCUT2D eigenvalue weighted by Crippen LogP contribution is 2.26. The molecule has 0 amide bonds. The van der Waals surface area contributed by atoms with Gasteiger partial charge in [-0.25, -0.2) is 4.79 Å². The SMILES string of the molecule is CS(=O)c1ccc(CCCCC2CCN(OC(=O)C(C)(C)C)CC2)cc1Cl. The lowest BCUT2D eigenvalue weighted by molar-refractivity contribution is -0.206. The van der Waals surface area contributed by atoms with Gasteiger partial charge < -0.3 is 4.84 Å². The third kappa shape index (κ3) is 7.20. The first-order valence-electron chi connectivity index (χ1n) is 9.76. The lowest BCUT2D eigenvalue weighted by Crippen LogP contribution is -2.38. The second-order valence-electron chi connectivity index (χ2n) is 8.47. The molecule has 1 saturated heterocycles. The van der Waals surface area contributed by atoms with Crippen LogP contribution in [0.3, 0.4) is 0 Å². The van der Waals surface area contributed by atoms with E-state index < -0.39 is 16.2 Å². The van der Waals surface area contributed by atoms with Crippen LogP contribution in [0, 0.1) is 11.3 Å². The number of benzene rings is 1. The fourth-order valence-electron chi connectivity index (χ4n) is 3.24. The Morgan fingerprint density at radius 1 is 1.26 bits per heavy atom. The van der Waals surface area contributed by atoms with E-state index in [0.29, 0.717) is 15.8 Å². The molecule has 1 atom stereocenters. The van der Waals surface area contributed by atoms with E-state index >= 15 is 0 Å². The van der Waals surface area contributed by atoms with Crippen molar-refractivity contribution in [2.45, 2.75) is 64.2 Å². The van der Waals surface area contributed by atoms with Crippen molar-refractivity contribution in [1.29, 1.82) is 0 Å². The average molecular weight is 414 g/mol. The standard InChI is InChI=1S/C21H32ClNO3S/c1-21(2,3)20(24)26-23-13-11-16(12-14-23)7-5-6-8-17-9-10-19(27(4)25)18(22)15-17/h9-10,15-16H,5-8,11-14H2,1-4H3. The van der Waals surface area contributed by atoms with Gasteiger partial charge in [-0.3, -0.25) is 4.21 Å². The van der Waals surface area contributed by atoms with Gasteiger partial charge >= 0.3 is 5.97 Å². The molecular formula is C21H32ClNO3S. The molecule has 0 aliphatic carbocycles. The van der Waals surface area contributed by atoms with E-state index in [1.54, 1.807) is 6.26 Å². The highest BCUT2D eigenvalue weighted by atomic mass is 35.5. The van der Waals surface area contributed by atoms with Gasteiger partial charge in [0, 0.05) is 19.3 Å². The lowest BCUT2D eigenvalue weighted by atomic mass is 9.91. The zero-order chi connectivity index (χ0) is 20.0. The summed E-state index contributed by atoms with van der Waals surface area (Å²) in [7, 11) is -1.04. The van der Waals surface area contributed by atoms with Crippen molar-refractivity contribution in [3.05, 3.63) is 28.8 Å². The van der Waals surface area contributed by atoms with Crippen molar-refractivity contribution >= 4 is 28.4 Å². The molecule has 6 heteroatoms. The van der Waals surface area contributed by atoms with Crippen LogP contribution in [0.25, 0.3) is 0 Å². The largest absolute Gasteiger partial charge is 0.367 e. The van der Waals surface area contributed by atoms with Crippen LogP contribution in [0.2, 0.25) is 5.02 Å². The van der Waals surface area contributed by atoms with Gasteiger partial charge in [-0.1, -0.05) is 30.5 Å². The van der Waals surface area contributed by atoms with Crippen LogP contribution < -0.4 is 0 Å². The van der Waals surface area contributed by atoms with Crippen LogP contribution in [0.5, 0.6) is 0 Å². The van der Waals surface area contributed by atoms with E-state index in [1.807, 2.05) is 44.0 Å². The molecule has 1 heterocycles. The van der Waals surface area contributed by atoms with Crippen molar-refractivity contribution in [3.63, 3.8) is 0 Å². The molecule has 152 valence electrons. The number of halogens is 1. The summed E-state index contributed by atoms with van der Waals surface area (Å²) in [6, 6.07) is 5.85. The minimum atomic E-state index is -1.04. The topological polar surface area (TPSA) is 46.6 Å². The Labute approximate surface area is 171 Å². The predicted octanol–water partition coefficient (Wildman–Crippen LogP) is 5.01. The van der Waals surface area contributed by atoms with Crippen LogP contribution >= 0.6 is 11.6 Å². The summed E-state index contributed by atoms with van der Waals surface area (Å²) in [6.45, 7) is 7.30. The Bertz CT molecular complexity index is 664. The fraction of sp³-hybridized carbons (Fsp3) is 0.667. The second kappa shape index (κ2) is 10.0. The minimum absolute atomic E-state index is 0.155. The first kappa shape index (κ1) is 22.4. The molecule has 2 rings (SSSR count). The van der Waals surface area contributed by atoms with Gasteiger partial charge in [0.2, 0.25) is 0 Å². The molecule has 1 aromatic rings. The number of carbonyl (C=O) groups is 1. The first-order chi connectivity index (χ1) is 12.7. The summed E-state index contributed by atoms with van der Waals surface area (Å²) in [5, 5.41) is 2.43. The maximum Gasteiger partial charge on any atom is 0.330 e. The average Bonchev–Trinajstić information content (AvgIpc) is 2.59. The molecule has 0 N–H and O–H groups in total. The van der Waals surface area contributed by atoms with Gasteiger partial charge in [-0.05, 0) is 70.1 Å². The van der Waals surface area contributed by atoms with Crippen molar-refractivity contribution in [1.82, 2.24) is 5.06 Å². The van der Waals surface area contributed by atoms with Crippen LogP contribution in [-0.4, -0.2) is 34.6 Å². The van der Waals surface area contributed by atoms with Crippen molar-refractivity contribution in [2.75, 3.05) is 19.3 Å². The molecule has 0 bridgehead atoms. The van der Waals surface area contributed by atoms with Crippen LogP contribution in [0.15, 0.2) is 23.1 Å². The summed E-state index contributed by atoms with van der Waals surface area (Å²) in [5.41, 5.74) is 0.752. The second-order valence-corrected chi connectivity index (χ2v) is 10.2. The number of rotatable bonds is 7. The number of hydroxylamine groups is 2. The first-order valence-corrected chi connectivity index (χ1v) is 11.7. The molecule has 27 heavy (non-hydrogen) atoms. The summed E-state index contributed by atoms with van der Waals surface area (Å²) in [6.07, 6.45) is 8.34. The van der Waals surface area contributed by atoms with E-state index in [1.165, 1.54) is 18.4 Å². The molecule has 1 aliphatic rings. The third-order valence-electron chi connectivity index (χ3n) is 5.03. The number of piperidine rings is 1. The van der Waals surface area contributed by atoms with Gasteiger partial charge in [0.25, 0.3) is 0 Å². The summed E-state index contributed by atoms with van der Waals surface area (Å²) in [5.74, 6) is 0.556. The van der Waals surface area contributed by atoms with E-state index in [2.05, 4.69) is 0 Å². The summed E-state index contributed by atoms with van der Waals surface area (Å²) in [4.78, 5) is 18.1. The number of aryl methyl sites for hydroxylation is 1. The van der Waals surface area contributed by atoms with E-state index in [4.69, 9.17) is 16.4 Å². The molecule has 1 fully saturated rings. The molecular weight excluding hydrogens is 382 g/mol. The monoisotopic (exact) mass is 413 g/mol. The number of unbranched alkanes of at least 4 members (excludes halogenated alkanes) is 1. The Hall–Kier alpha value is -0.910. The van der Waals surface area contributed by atoms with Gasteiger partial charge in [0.15, 0.2) is 0 Å². The van der Waals surface area contributed by atoms with Crippen LogP contribution in [0.4, 0.5) is 0 Å². The minimum Gasteiger partial charge on any atom is -0.367 e. The van der Waals surface area contributed by atoms with Gasteiger partial charge in [-0.15, -0.1) is 5.06 Å². The maximum absolute atomic E-state index is 12.0. The van der Waals surface area contributed by atoms with E-state index in [0.717, 1.165) is 38.8 Å². The molecule has 4 nitrogen and oxygen atoms in total. The highest BCUT2D eigenvalue weighted by molar-refractivity contribution is 7.84. The fourth-order valence-corrected chi connectivity index (χ4v) is 4.36. The van der Waals surface area contributed by atoms with Gasteiger partial charge in [0.05, 0.1) is 26.1 Å². The summed E-state index contributed by atoms with van der Waals surface area (Å²) < 4.78 is 11.5. The quantitative estimate of drug-likeness (QED) is 0.589. The van der Waals surface area contributed by atoms with Crippen molar-refractivity contribution in [3.8, 4) is 0 Å². The summed E-state index contributed by atoms with van der Waals surface area (Å²) >= 11 is 6.20. The zero-order valence-electron chi connectivity index (χ0n) is 16.9. The maximum atomic E-state index is 12.0. The van der Waals surface area contributed by atoms with E-state index in [-0.39, 0.29) is 5.97 Å². The smallest absolute Gasteiger partial charge is 0.330 e.